The van der Waals surface area contributed by atoms with Crippen LogP contribution in [0.1, 0.15) is 18.3 Å². The van der Waals surface area contributed by atoms with Gasteiger partial charge in [-0.1, -0.05) is 0 Å². The van der Waals surface area contributed by atoms with Gasteiger partial charge in [0.15, 0.2) is 0 Å². The topological polar surface area (TPSA) is 89.8 Å². The lowest BCUT2D eigenvalue weighted by molar-refractivity contribution is 0.234. The van der Waals surface area contributed by atoms with E-state index < -0.39 is 0 Å². The van der Waals surface area contributed by atoms with Crippen LogP contribution in [0, 0.1) is 5.82 Å². The Morgan fingerprint density at radius 2 is 2.00 bits per heavy atom. The van der Waals surface area contributed by atoms with E-state index in [1.807, 2.05) is 4.57 Å². The van der Waals surface area contributed by atoms with E-state index in [-0.39, 0.29) is 24.4 Å². The third kappa shape index (κ3) is 2.33. The molecule has 0 amide bonds. The van der Waals surface area contributed by atoms with E-state index in [1.54, 1.807) is 24.4 Å². The first kappa shape index (κ1) is 14.8. The van der Waals surface area contributed by atoms with Crippen molar-refractivity contribution < 1.29 is 9.50 Å². The molecule has 3 aromatic rings. The summed E-state index contributed by atoms with van der Waals surface area (Å²) < 4.78 is 15.3. The van der Waals surface area contributed by atoms with Gasteiger partial charge in [-0.2, -0.15) is 0 Å². The predicted molar refractivity (Wildman–Crippen MR) is 87.5 cm³/mol. The first-order valence-corrected chi connectivity index (χ1v) is 7.74. The molecule has 1 atom stereocenters. The van der Waals surface area contributed by atoms with E-state index in [2.05, 4.69) is 9.97 Å². The molecule has 2 aromatic heterocycles. The highest BCUT2D eigenvalue weighted by molar-refractivity contribution is 5.78. The minimum absolute atomic E-state index is 0.0276. The molecule has 0 spiro atoms. The van der Waals surface area contributed by atoms with Crippen LogP contribution in [0.15, 0.2) is 36.5 Å². The van der Waals surface area contributed by atoms with Crippen molar-refractivity contribution in [2.24, 2.45) is 0 Å². The lowest BCUT2D eigenvalue weighted by Crippen LogP contribution is -2.10. The summed E-state index contributed by atoms with van der Waals surface area (Å²) >= 11 is 0. The number of nitrogens with zero attached hydrogens (tertiary/aromatic N) is 4. The number of aliphatic hydroxyl groups is 1. The monoisotopic (exact) mass is 325 g/mol. The summed E-state index contributed by atoms with van der Waals surface area (Å²) in [6, 6.07) is 7.90. The molecule has 0 radical (unpaired) electrons. The molecule has 3 heterocycles. The number of imidazole rings is 1. The summed E-state index contributed by atoms with van der Waals surface area (Å²) in [5.74, 6) is 0.763. The lowest BCUT2D eigenvalue weighted by atomic mass is 10.1. The van der Waals surface area contributed by atoms with Crippen molar-refractivity contribution in [3.63, 3.8) is 0 Å². The van der Waals surface area contributed by atoms with E-state index in [4.69, 9.17) is 10.7 Å². The van der Waals surface area contributed by atoms with Crippen molar-refractivity contribution in [1.82, 2.24) is 19.5 Å². The van der Waals surface area contributed by atoms with Gasteiger partial charge in [-0.15, -0.1) is 0 Å². The Kier molecular flexibility index (Phi) is 3.50. The second-order valence-corrected chi connectivity index (χ2v) is 5.78. The summed E-state index contributed by atoms with van der Waals surface area (Å²) in [6.45, 7) is 0.0276. The van der Waals surface area contributed by atoms with Gasteiger partial charge in [0.2, 0.25) is 5.95 Å². The van der Waals surface area contributed by atoms with Gasteiger partial charge < -0.3 is 15.4 Å². The van der Waals surface area contributed by atoms with Crippen molar-refractivity contribution in [2.75, 3.05) is 12.3 Å². The maximum atomic E-state index is 13.3. The quantitative estimate of drug-likeness (QED) is 0.770. The number of hydrogen-bond acceptors (Lipinski definition) is 5. The Bertz CT molecular complexity index is 890. The second-order valence-electron chi connectivity index (χ2n) is 5.78. The summed E-state index contributed by atoms with van der Waals surface area (Å²) in [4.78, 5) is 13.0. The molecular formula is C17H16FN5O. The van der Waals surface area contributed by atoms with Gasteiger partial charge in [-0.3, -0.25) is 0 Å². The maximum Gasteiger partial charge on any atom is 0.220 e. The van der Waals surface area contributed by atoms with Crippen molar-refractivity contribution in [3.8, 4) is 22.6 Å². The average molecular weight is 325 g/mol. The number of anilines is 1. The molecule has 1 aromatic carbocycles. The number of aliphatic hydroxyl groups excluding tert-OH is 1. The Morgan fingerprint density at radius 1 is 1.21 bits per heavy atom. The molecule has 1 aliphatic heterocycles. The summed E-state index contributed by atoms with van der Waals surface area (Å²) in [7, 11) is 0. The van der Waals surface area contributed by atoms with Gasteiger partial charge >= 0.3 is 0 Å². The van der Waals surface area contributed by atoms with Gasteiger partial charge in [0.1, 0.15) is 11.6 Å². The summed E-state index contributed by atoms with van der Waals surface area (Å²) in [5.41, 5.74) is 8.66. The zero-order valence-corrected chi connectivity index (χ0v) is 12.9. The molecule has 6 nitrogen and oxygen atoms in total. The smallest absolute Gasteiger partial charge is 0.220 e. The SMILES string of the molecule is Nc1nccc(-c2c(-c3ccc(F)cc3)nc3n2C(CO)CC3)n1. The molecular weight excluding hydrogens is 309 g/mol. The number of nitrogen functional groups attached to an aromatic ring is 1. The number of hydrogen-bond donors (Lipinski definition) is 2. The Hall–Kier alpha value is -2.80. The molecule has 3 N–H and O–H groups in total. The molecule has 122 valence electrons. The predicted octanol–water partition coefficient (Wildman–Crippen LogP) is 2.21. The molecule has 24 heavy (non-hydrogen) atoms. The van der Waals surface area contributed by atoms with Crippen LogP contribution >= 0.6 is 0 Å². The van der Waals surface area contributed by atoms with Crippen molar-refractivity contribution in [3.05, 3.63) is 48.2 Å². The first-order chi connectivity index (χ1) is 11.7. The van der Waals surface area contributed by atoms with Gasteiger partial charge in [0, 0.05) is 18.2 Å². The van der Waals surface area contributed by atoms with E-state index in [9.17, 15) is 9.50 Å². The zero-order valence-electron chi connectivity index (χ0n) is 12.9. The standard InChI is InChI=1S/C17H16FN5O/c18-11-3-1-10(2-4-11)15-16(13-7-8-20-17(19)21-13)23-12(9-24)5-6-14(23)22-15/h1-4,7-8,12,24H,5-6,9H2,(H2,19,20,21). The van der Waals surface area contributed by atoms with Gasteiger partial charge in [-0.25, -0.2) is 19.3 Å². The molecule has 0 bridgehead atoms. The fourth-order valence-electron chi connectivity index (χ4n) is 3.21. The molecule has 1 aliphatic rings. The first-order valence-electron chi connectivity index (χ1n) is 7.74. The van der Waals surface area contributed by atoms with Crippen LogP contribution in [0.5, 0.6) is 0 Å². The number of nitrogens with two attached hydrogens (primary N) is 1. The average Bonchev–Trinajstić information content (AvgIpc) is 3.14. The van der Waals surface area contributed by atoms with Crippen LogP contribution < -0.4 is 5.73 Å². The number of aromatic nitrogens is 4. The van der Waals surface area contributed by atoms with E-state index in [0.29, 0.717) is 11.4 Å². The van der Waals surface area contributed by atoms with Crippen LogP contribution in [0.4, 0.5) is 10.3 Å². The molecule has 0 aliphatic carbocycles. The molecule has 0 fully saturated rings. The van der Waals surface area contributed by atoms with Gasteiger partial charge in [0.05, 0.1) is 29.7 Å². The number of aryl methyl sites for hydroxylation is 1. The van der Waals surface area contributed by atoms with E-state index in [0.717, 1.165) is 29.9 Å². The maximum absolute atomic E-state index is 13.3. The van der Waals surface area contributed by atoms with Crippen LogP contribution in [-0.4, -0.2) is 31.2 Å². The highest BCUT2D eigenvalue weighted by atomic mass is 19.1. The lowest BCUT2D eigenvalue weighted by Gasteiger charge is -2.15. The van der Waals surface area contributed by atoms with Gasteiger partial charge in [-0.05, 0) is 36.8 Å². The van der Waals surface area contributed by atoms with Crippen LogP contribution in [0.25, 0.3) is 22.6 Å². The van der Waals surface area contributed by atoms with E-state index in [1.165, 1.54) is 12.1 Å². The third-order valence-electron chi connectivity index (χ3n) is 4.30. The second kappa shape index (κ2) is 5.68. The Morgan fingerprint density at radius 3 is 2.71 bits per heavy atom. The highest BCUT2D eigenvalue weighted by Crippen LogP contribution is 2.38. The number of fused-ring (bicyclic) bond motifs is 1. The number of benzene rings is 1. The van der Waals surface area contributed by atoms with Crippen LogP contribution in [0.3, 0.4) is 0 Å². The fraction of sp³-hybridized carbons (Fsp3) is 0.235. The molecule has 4 rings (SSSR count). The van der Waals surface area contributed by atoms with Crippen molar-refractivity contribution in [1.29, 1.82) is 0 Å². The van der Waals surface area contributed by atoms with Crippen LogP contribution in [-0.2, 0) is 6.42 Å². The number of rotatable bonds is 3. The Balaban J connectivity index is 1.96. The minimum atomic E-state index is -0.299. The molecule has 7 heteroatoms. The molecule has 0 saturated heterocycles. The van der Waals surface area contributed by atoms with E-state index >= 15 is 0 Å². The largest absolute Gasteiger partial charge is 0.394 e. The minimum Gasteiger partial charge on any atom is -0.394 e. The van der Waals surface area contributed by atoms with Crippen molar-refractivity contribution >= 4 is 5.95 Å². The molecule has 0 saturated carbocycles. The third-order valence-corrected chi connectivity index (χ3v) is 4.30. The van der Waals surface area contributed by atoms with Gasteiger partial charge in [0.25, 0.3) is 0 Å². The summed E-state index contributed by atoms with van der Waals surface area (Å²) in [6.07, 6.45) is 3.20. The highest BCUT2D eigenvalue weighted by Gasteiger charge is 2.30. The molecule has 1 unspecified atom stereocenters. The summed E-state index contributed by atoms with van der Waals surface area (Å²) in [5, 5.41) is 9.70. The number of halogens is 1. The van der Waals surface area contributed by atoms with Crippen molar-refractivity contribution in [2.45, 2.75) is 18.9 Å². The fourth-order valence-corrected chi connectivity index (χ4v) is 3.21. The Labute approximate surface area is 137 Å². The normalized spacial score (nSPS) is 16.3. The zero-order chi connectivity index (χ0) is 16.7. The van der Waals surface area contributed by atoms with Crippen LogP contribution in [0.2, 0.25) is 0 Å².